The summed E-state index contributed by atoms with van der Waals surface area (Å²) >= 11 is 0. The smallest absolute Gasteiger partial charge is 0.156 e. The van der Waals surface area contributed by atoms with Gasteiger partial charge in [-0.15, -0.1) is 0 Å². The minimum atomic E-state index is 0.00344. The van der Waals surface area contributed by atoms with Gasteiger partial charge in [0, 0.05) is 39.8 Å². The molecule has 0 saturated heterocycles. The van der Waals surface area contributed by atoms with Crippen molar-refractivity contribution in [2.75, 3.05) is 0 Å². The van der Waals surface area contributed by atoms with Crippen LogP contribution in [0.4, 0.5) is 0 Å². The van der Waals surface area contributed by atoms with E-state index in [0.717, 1.165) is 33.8 Å². The summed E-state index contributed by atoms with van der Waals surface area (Å²) in [6, 6.07) is 12.7. The number of nitrogens with zero attached hydrogens (tertiary/aromatic N) is 3. The number of rotatable bonds is 1. The van der Waals surface area contributed by atoms with Crippen molar-refractivity contribution >= 4 is 16.6 Å². The third-order valence-corrected chi connectivity index (χ3v) is 4.17. The van der Waals surface area contributed by atoms with Gasteiger partial charge < -0.3 is 4.98 Å². The molecule has 0 bridgehead atoms. The number of aryl methyl sites for hydroxylation is 1. The fraction of sp³-hybridized carbons (Fsp3) is 0.263. The molecule has 4 rings (SSSR count). The number of hydrogen-bond donors (Lipinski definition) is 1. The molecule has 0 spiro atoms. The van der Waals surface area contributed by atoms with E-state index in [1.54, 1.807) is 0 Å². The molecule has 0 aliphatic carbocycles. The number of hydrogen-bond acceptors (Lipinski definition) is 2. The standard InChI is InChI=1S/C19H20N4/c1-12-9-16(14-5-6-15-13(10-14)7-8-20-15)23-18(21-12)11-17(22-23)19(2,3)4/h5-11,20H,1-4H3. The van der Waals surface area contributed by atoms with Crippen LogP contribution in [0.15, 0.2) is 42.6 Å². The molecule has 0 atom stereocenters. The van der Waals surface area contributed by atoms with Gasteiger partial charge in [0.25, 0.3) is 0 Å². The van der Waals surface area contributed by atoms with E-state index in [0.29, 0.717) is 0 Å². The van der Waals surface area contributed by atoms with Crippen LogP contribution in [0.5, 0.6) is 0 Å². The number of benzene rings is 1. The van der Waals surface area contributed by atoms with Gasteiger partial charge in [-0.05, 0) is 31.2 Å². The average Bonchev–Trinajstić information content (AvgIpc) is 3.10. The second-order valence-corrected chi connectivity index (χ2v) is 7.11. The van der Waals surface area contributed by atoms with Gasteiger partial charge in [0.1, 0.15) is 0 Å². The third kappa shape index (κ3) is 2.31. The number of fused-ring (bicyclic) bond motifs is 2. The van der Waals surface area contributed by atoms with Crippen LogP contribution in [0.2, 0.25) is 0 Å². The lowest BCUT2D eigenvalue weighted by molar-refractivity contribution is 0.563. The van der Waals surface area contributed by atoms with Crippen molar-refractivity contribution in [3.05, 3.63) is 54.0 Å². The Bertz CT molecular complexity index is 1010. The summed E-state index contributed by atoms with van der Waals surface area (Å²) in [5.74, 6) is 0. The summed E-state index contributed by atoms with van der Waals surface area (Å²) in [5, 5.41) is 6.02. The molecule has 4 nitrogen and oxygen atoms in total. The molecule has 0 amide bonds. The highest BCUT2D eigenvalue weighted by atomic mass is 15.3. The van der Waals surface area contributed by atoms with Gasteiger partial charge in [0.2, 0.25) is 0 Å². The lowest BCUT2D eigenvalue weighted by Crippen LogP contribution is -2.12. The molecule has 1 N–H and O–H groups in total. The van der Waals surface area contributed by atoms with Crippen LogP contribution >= 0.6 is 0 Å². The second-order valence-electron chi connectivity index (χ2n) is 7.11. The predicted octanol–water partition coefficient (Wildman–Crippen LogP) is 4.48. The molecule has 0 saturated carbocycles. The molecular formula is C19H20N4. The van der Waals surface area contributed by atoms with E-state index in [4.69, 9.17) is 5.10 Å². The van der Waals surface area contributed by atoms with E-state index in [2.05, 4.69) is 67.1 Å². The monoisotopic (exact) mass is 304 g/mol. The van der Waals surface area contributed by atoms with Crippen molar-refractivity contribution in [1.82, 2.24) is 19.6 Å². The quantitative estimate of drug-likeness (QED) is 0.563. The fourth-order valence-electron chi connectivity index (χ4n) is 2.88. The average molecular weight is 304 g/mol. The topological polar surface area (TPSA) is 46.0 Å². The van der Waals surface area contributed by atoms with Gasteiger partial charge in [0.15, 0.2) is 5.65 Å². The Morgan fingerprint density at radius 1 is 1.04 bits per heavy atom. The summed E-state index contributed by atoms with van der Waals surface area (Å²) in [4.78, 5) is 7.88. The Labute approximate surface area is 135 Å². The van der Waals surface area contributed by atoms with Gasteiger partial charge in [-0.1, -0.05) is 26.8 Å². The van der Waals surface area contributed by atoms with Crippen LogP contribution in [0.3, 0.4) is 0 Å². The lowest BCUT2D eigenvalue weighted by atomic mass is 9.93. The molecule has 3 heterocycles. The predicted molar refractivity (Wildman–Crippen MR) is 93.7 cm³/mol. The Balaban J connectivity index is 1.99. The number of aromatic nitrogens is 4. The first-order valence-electron chi connectivity index (χ1n) is 7.87. The van der Waals surface area contributed by atoms with Crippen molar-refractivity contribution < 1.29 is 0 Å². The van der Waals surface area contributed by atoms with Crippen LogP contribution in [0.1, 0.15) is 32.2 Å². The molecule has 23 heavy (non-hydrogen) atoms. The van der Waals surface area contributed by atoms with Gasteiger partial charge in [-0.3, -0.25) is 0 Å². The largest absolute Gasteiger partial charge is 0.361 e. The van der Waals surface area contributed by atoms with Crippen LogP contribution in [0.25, 0.3) is 27.8 Å². The SMILES string of the molecule is Cc1cc(-c2ccc3[nH]ccc3c2)n2nc(C(C)(C)C)cc2n1. The van der Waals surface area contributed by atoms with Crippen molar-refractivity contribution in [2.24, 2.45) is 0 Å². The Kier molecular flexibility index (Phi) is 2.85. The number of nitrogens with one attached hydrogen (secondary N) is 1. The lowest BCUT2D eigenvalue weighted by Gasteiger charge is -2.13. The van der Waals surface area contributed by atoms with Crippen molar-refractivity contribution in [3.63, 3.8) is 0 Å². The Morgan fingerprint density at radius 2 is 1.87 bits per heavy atom. The molecule has 0 unspecified atom stereocenters. The van der Waals surface area contributed by atoms with Gasteiger partial charge in [-0.25, -0.2) is 9.50 Å². The highest BCUT2D eigenvalue weighted by Crippen LogP contribution is 2.27. The van der Waals surface area contributed by atoms with Crippen LogP contribution < -0.4 is 0 Å². The zero-order chi connectivity index (χ0) is 16.2. The molecule has 4 aromatic rings. The minimum Gasteiger partial charge on any atom is -0.361 e. The molecular weight excluding hydrogens is 284 g/mol. The highest BCUT2D eigenvalue weighted by Gasteiger charge is 2.19. The van der Waals surface area contributed by atoms with Crippen LogP contribution in [-0.2, 0) is 5.41 Å². The molecule has 4 heteroatoms. The van der Waals surface area contributed by atoms with E-state index < -0.39 is 0 Å². The van der Waals surface area contributed by atoms with Gasteiger partial charge >= 0.3 is 0 Å². The maximum absolute atomic E-state index is 4.82. The summed E-state index contributed by atoms with van der Waals surface area (Å²) in [6.07, 6.45) is 1.97. The third-order valence-electron chi connectivity index (χ3n) is 4.17. The highest BCUT2D eigenvalue weighted by molar-refractivity contribution is 5.84. The summed E-state index contributed by atoms with van der Waals surface area (Å²) in [7, 11) is 0. The van der Waals surface area contributed by atoms with Gasteiger partial charge in [0.05, 0.1) is 11.4 Å². The van der Waals surface area contributed by atoms with Crippen LogP contribution in [-0.4, -0.2) is 19.6 Å². The zero-order valence-corrected chi connectivity index (χ0v) is 13.9. The first-order valence-corrected chi connectivity index (χ1v) is 7.87. The Hall–Kier alpha value is -2.62. The maximum Gasteiger partial charge on any atom is 0.156 e. The number of aromatic amines is 1. The molecule has 0 fully saturated rings. The maximum atomic E-state index is 4.82. The van der Waals surface area contributed by atoms with Crippen LogP contribution in [0, 0.1) is 6.92 Å². The molecule has 116 valence electrons. The molecule has 3 aromatic heterocycles. The first-order chi connectivity index (χ1) is 10.9. The summed E-state index contributed by atoms with van der Waals surface area (Å²) in [5.41, 5.74) is 6.33. The van der Waals surface area contributed by atoms with Crippen molar-refractivity contribution in [2.45, 2.75) is 33.1 Å². The first kappa shape index (κ1) is 14.0. The van der Waals surface area contributed by atoms with E-state index >= 15 is 0 Å². The summed E-state index contributed by atoms with van der Waals surface area (Å²) < 4.78 is 1.96. The zero-order valence-electron chi connectivity index (χ0n) is 13.9. The van der Waals surface area contributed by atoms with E-state index in [9.17, 15) is 0 Å². The second kappa shape index (κ2) is 4.69. The molecule has 0 aliphatic heterocycles. The van der Waals surface area contributed by atoms with E-state index in [1.807, 2.05) is 17.6 Å². The Morgan fingerprint density at radius 3 is 2.65 bits per heavy atom. The minimum absolute atomic E-state index is 0.00344. The molecule has 1 aromatic carbocycles. The van der Waals surface area contributed by atoms with Crippen molar-refractivity contribution in [1.29, 1.82) is 0 Å². The summed E-state index contributed by atoms with van der Waals surface area (Å²) in [6.45, 7) is 8.55. The van der Waals surface area contributed by atoms with E-state index in [1.165, 1.54) is 5.39 Å². The normalized spacial score (nSPS) is 12.3. The van der Waals surface area contributed by atoms with Crippen molar-refractivity contribution in [3.8, 4) is 11.3 Å². The van der Waals surface area contributed by atoms with Gasteiger partial charge in [-0.2, -0.15) is 5.10 Å². The van der Waals surface area contributed by atoms with E-state index in [-0.39, 0.29) is 5.41 Å². The molecule has 0 aliphatic rings. The number of H-pyrrole nitrogens is 1. The molecule has 0 radical (unpaired) electrons. The fourth-order valence-corrected chi connectivity index (χ4v) is 2.88.